The summed E-state index contributed by atoms with van der Waals surface area (Å²) < 4.78 is 0. The predicted molar refractivity (Wildman–Crippen MR) is 59.0 cm³/mol. The standard InChI is InChI=1S/C10H14N4O2/c11-8-5-9(13-6-12-8)14-3-1-7(2-4-14)10(15)16/h5-7H,1-4H2,(H,15,16)(H2,11,12,13). The topological polar surface area (TPSA) is 92.3 Å². The number of carboxylic acids is 1. The Bertz CT molecular complexity index is 388. The molecule has 0 amide bonds. The molecule has 0 bridgehead atoms. The first-order valence-corrected chi connectivity index (χ1v) is 5.22. The van der Waals surface area contributed by atoms with Crippen LogP contribution in [0.1, 0.15) is 12.8 Å². The lowest BCUT2D eigenvalue weighted by Gasteiger charge is -2.30. The number of hydrogen-bond acceptors (Lipinski definition) is 5. The van der Waals surface area contributed by atoms with E-state index in [2.05, 4.69) is 9.97 Å². The van der Waals surface area contributed by atoms with Crippen molar-refractivity contribution in [3.63, 3.8) is 0 Å². The lowest BCUT2D eigenvalue weighted by Crippen LogP contribution is -2.36. The van der Waals surface area contributed by atoms with Crippen molar-refractivity contribution in [1.82, 2.24) is 9.97 Å². The minimum absolute atomic E-state index is 0.226. The molecule has 2 rings (SSSR count). The van der Waals surface area contributed by atoms with Crippen molar-refractivity contribution in [1.29, 1.82) is 0 Å². The molecule has 1 aromatic rings. The summed E-state index contributed by atoms with van der Waals surface area (Å²) in [5.41, 5.74) is 5.57. The first-order chi connectivity index (χ1) is 7.66. The molecule has 1 fully saturated rings. The van der Waals surface area contributed by atoms with Gasteiger partial charge in [-0.2, -0.15) is 0 Å². The Kier molecular flexibility index (Phi) is 2.89. The molecule has 1 aromatic heterocycles. The molecule has 6 nitrogen and oxygen atoms in total. The van der Waals surface area contributed by atoms with E-state index in [1.165, 1.54) is 6.33 Å². The first kappa shape index (κ1) is 10.7. The van der Waals surface area contributed by atoms with Gasteiger partial charge in [0.05, 0.1) is 5.92 Å². The number of nitrogens with zero attached hydrogens (tertiary/aromatic N) is 3. The fourth-order valence-electron chi connectivity index (χ4n) is 1.89. The highest BCUT2D eigenvalue weighted by atomic mass is 16.4. The third kappa shape index (κ3) is 2.21. The van der Waals surface area contributed by atoms with Gasteiger partial charge >= 0.3 is 5.97 Å². The molecule has 1 aliphatic heterocycles. The Labute approximate surface area is 93.1 Å². The zero-order valence-electron chi connectivity index (χ0n) is 8.83. The van der Waals surface area contributed by atoms with Crippen LogP contribution >= 0.6 is 0 Å². The second kappa shape index (κ2) is 4.34. The third-order valence-corrected chi connectivity index (χ3v) is 2.84. The highest BCUT2D eigenvalue weighted by molar-refractivity contribution is 5.70. The number of aliphatic carboxylic acids is 1. The van der Waals surface area contributed by atoms with Crippen molar-refractivity contribution >= 4 is 17.6 Å². The van der Waals surface area contributed by atoms with Crippen LogP contribution in [0.4, 0.5) is 11.6 Å². The van der Waals surface area contributed by atoms with Gasteiger partial charge in [-0.3, -0.25) is 4.79 Å². The van der Waals surface area contributed by atoms with Crippen LogP contribution in [0.3, 0.4) is 0 Å². The highest BCUT2D eigenvalue weighted by Crippen LogP contribution is 2.22. The SMILES string of the molecule is Nc1cc(N2CCC(C(=O)O)CC2)ncn1. The number of hydrogen-bond donors (Lipinski definition) is 2. The summed E-state index contributed by atoms with van der Waals surface area (Å²) in [7, 11) is 0. The van der Waals surface area contributed by atoms with E-state index in [9.17, 15) is 4.79 Å². The Morgan fingerprint density at radius 1 is 1.44 bits per heavy atom. The summed E-state index contributed by atoms with van der Waals surface area (Å²) in [6.07, 6.45) is 2.73. The monoisotopic (exact) mass is 222 g/mol. The van der Waals surface area contributed by atoms with E-state index in [-0.39, 0.29) is 5.92 Å². The van der Waals surface area contributed by atoms with Gasteiger partial charge in [0.15, 0.2) is 0 Å². The lowest BCUT2D eigenvalue weighted by atomic mass is 9.97. The van der Waals surface area contributed by atoms with Crippen molar-refractivity contribution in [2.45, 2.75) is 12.8 Å². The molecule has 0 atom stereocenters. The van der Waals surface area contributed by atoms with Gasteiger partial charge in [-0.05, 0) is 12.8 Å². The quantitative estimate of drug-likeness (QED) is 0.750. The van der Waals surface area contributed by atoms with E-state index in [4.69, 9.17) is 10.8 Å². The maximum Gasteiger partial charge on any atom is 0.306 e. The van der Waals surface area contributed by atoms with E-state index in [1.54, 1.807) is 6.07 Å². The van der Waals surface area contributed by atoms with E-state index in [1.807, 2.05) is 4.90 Å². The number of carbonyl (C=O) groups is 1. The minimum atomic E-state index is -0.707. The molecular formula is C10H14N4O2. The van der Waals surface area contributed by atoms with Crippen LogP contribution in [0.15, 0.2) is 12.4 Å². The van der Waals surface area contributed by atoms with Crippen molar-refractivity contribution in [3.8, 4) is 0 Å². The van der Waals surface area contributed by atoms with Crippen LogP contribution < -0.4 is 10.6 Å². The number of piperidine rings is 1. The Morgan fingerprint density at radius 3 is 2.69 bits per heavy atom. The Hall–Kier alpha value is -1.85. The molecule has 86 valence electrons. The molecule has 0 aromatic carbocycles. The summed E-state index contributed by atoms with van der Waals surface area (Å²) in [5.74, 6) is 0.277. The van der Waals surface area contributed by atoms with Crippen LogP contribution in [-0.4, -0.2) is 34.1 Å². The normalized spacial score (nSPS) is 17.4. The predicted octanol–water partition coefficient (Wildman–Crippen LogP) is 0.360. The first-order valence-electron chi connectivity index (χ1n) is 5.22. The second-order valence-electron chi connectivity index (χ2n) is 3.90. The number of aromatic nitrogens is 2. The van der Waals surface area contributed by atoms with E-state index >= 15 is 0 Å². The molecule has 2 heterocycles. The molecule has 0 radical (unpaired) electrons. The number of nitrogens with two attached hydrogens (primary N) is 1. The second-order valence-corrected chi connectivity index (χ2v) is 3.90. The smallest absolute Gasteiger partial charge is 0.306 e. The van der Waals surface area contributed by atoms with Gasteiger partial charge in [-0.15, -0.1) is 0 Å². The average molecular weight is 222 g/mol. The van der Waals surface area contributed by atoms with Gasteiger partial charge in [-0.1, -0.05) is 0 Å². The molecule has 1 saturated heterocycles. The van der Waals surface area contributed by atoms with Gasteiger partial charge in [0, 0.05) is 19.2 Å². The lowest BCUT2D eigenvalue weighted by molar-refractivity contribution is -0.142. The van der Waals surface area contributed by atoms with Gasteiger partial charge < -0.3 is 15.7 Å². The van der Waals surface area contributed by atoms with Gasteiger partial charge in [-0.25, -0.2) is 9.97 Å². The van der Waals surface area contributed by atoms with E-state index in [0.29, 0.717) is 31.7 Å². The van der Waals surface area contributed by atoms with Crippen LogP contribution in [-0.2, 0) is 4.79 Å². The minimum Gasteiger partial charge on any atom is -0.481 e. The zero-order chi connectivity index (χ0) is 11.5. The number of anilines is 2. The van der Waals surface area contributed by atoms with E-state index in [0.717, 1.165) is 5.82 Å². The van der Waals surface area contributed by atoms with Gasteiger partial charge in [0.25, 0.3) is 0 Å². The number of rotatable bonds is 2. The van der Waals surface area contributed by atoms with Crippen molar-refractivity contribution in [2.75, 3.05) is 23.7 Å². The Balaban J connectivity index is 2.01. The van der Waals surface area contributed by atoms with Crippen LogP contribution in [0.5, 0.6) is 0 Å². The van der Waals surface area contributed by atoms with Crippen molar-refractivity contribution in [2.24, 2.45) is 5.92 Å². The largest absolute Gasteiger partial charge is 0.481 e. The summed E-state index contributed by atoms with van der Waals surface area (Å²) in [6, 6.07) is 1.71. The molecular weight excluding hydrogens is 208 g/mol. The Morgan fingerprint density at radius 2 is 2.12 bits per heavy atom. The summed E-state index contributed by atoms with van der Waals surface area (Å²) >= 11 is 0. The van der Waals surface area contributed by atoms with Crippen LogP contribution in [0.2, 0.25) is 0 Å². The van der Waals surface area contributed by atoms with E-state index < -0.39 is 5.97 Å². The fraction of sp³-hybridized carbons (Fsp3) is 0.500. The molecule has 0 aliphatic carbocycles. The van der Waals surface area contributed by atoms with Crippen molar-refractivity contribution < 1.29 is 9.90 Å². The summed E-state index contributed by atoms with van der Waals surface area (Å²) in [4.78, 5) is 20.8. The fourth-order valence-corrected chi connectivity index (χ4v) is 1.89. The van der Waals surface area contributed by atoms with Crippen LogP contribution in [0, 0.1) is 5.92 Å². The summed E-state index contributed by atoms with van der Waals surface area (Å²) in [6.45, 7) is 1.40. The molecule has 0 spiro atoms. The molecule has 0 saturated carbocycles. The van der Waals surface area contributed by atoms with Gasteiger partial charge in [0.2, 0.25) is 0 Å². The van der Waals surface area contributed by atoms with Crippen molar-refractivity contribution in [3.05, 3.63) is 12.4 Å². The van der Waals surface area contributed by atoms with Gasteiger partial charge in [0.1, 0.15) is 18.0 Å². The molecule has 1 aliphatic rings. The number of carboxylic acid groups (broad SMARTS) is 1. The number of nitrogen functional groups attached to an aromatic ring is 1. The summed E-state index contributed by atoms with van der Waals surface area (Å²) in [5, 5.41) is 8.88. The van der Waals surface area contributed by atoms with Crippen LogP contribution in [0.25, 0.3) is 0 Å². The molecule has 6 heteroatoms. The highest BCUT2D eigenvalue weighted by Gasteiger charge is 2.24. The molecule has 16 heavy (non-hydrogen) atoms. The molecule has 3 N–H and O–H groups in total. The average Bonchev–Trinajstić information content (AvgIpc) is 2.29. The molecule has 0 unspecified atom stereocenters. The third-order valence-electron chi connectivity index (χ3n) is 2.84. The zero-order valence-corrected chi connectivity index (χ0v) is 8.83. The maximum atomic E-state index is 10.8. The maximum absolute atomic E-state index is 10.8.